The summed E-state index contributed by atoms with van der Waals surface area (Å²) in [6, 6.07) is 0. The Bertz CT molecular complexity index is 131. The van der Waals surface area contributed by atoms with Gasteiger partial charge in [0.2, 0.25) is 0 Å². The van der Waals surface area contributed by atoms with Gasteiger partial charge in [0.05, 0.1) is 0 Å². The van der Waals surface area contributed by atoms with Gasteiger partial charge in [0.15, 0.2) is 0 Å². The van der Waals surface area contributed by atoms with Gasteiger partial charge in [0.1, 0.15) is 5.78 Å². The van der Waals surface area contributed by atoms with Crippen LogP contribution in [-0.2, 0) is 4.79 Å². The monoisotopic (exact) mass is 200 g/mol. The van der Waals surface area contributed by atoms with Crippen molar-refractivity contribution in [3.63, 3.8) is 0 Å². The summed E-state index contributed by atoms with van der Waals surface area (Å²) in [7, 11) is 0. The Morgan fingerprint density at radius 1 is 1.00 bits per heavy atom. The van der Waals surface area contributed by atoms with E-state index < -0.39 is 0 Å². The third-order valence-corrected chi connectivity index (χ3v) is 1.96. The first kappa shape index (κ1) is 16.1. The predicted molar refractivity (Wildman–Crippen MR) is 64.6 cm³/mol. The van der Waals surface area contributed by atoms with Gasteiger partial charge in [0.25, 0.3) is 0 Å². The molecule has 0 aliphatic carbocycles. The lowest BCUT2D eigenvalue weighted by molar-refractivity contribution is -0.117. The van der Waals surface area contributed by atoms with Crippen LogP contribution in [0, 0.1) is 5.41 Å². The quantitative estimate of drug-likeness (QED) is 0.593. The normalized spacial score (nSPS) is 10.4. The van der Waals surface area contributed by atoms with E-state index >= 15 is 0 Å². The molecule has 86 valence electrons. The van der Waals surface area contributed by atoms with E-state index in [0.717, 1.165) is 12.8 Å². The molecule has 0 radical (unpaired) electrons. The molecular weight excluding hydrogens is 172 g/mol. The zero-order chi connectivity index (χ0) is 11.6. The molecule has 0 heterocycles. The first-order chi connectivity index (χ1) is 6.42. The molecule has 0 N–H and O–H groups in total. The number of rotatable bonds is 5. The first-order valence-corrected chi connectivity index (χ1v) is 5.91. The van der Waals surface area contributed by atoms with E-state index in [9.17, 15) is 4.79 Å². The molecule has 0 aromatic heterocycles. The predicted octanol–water partition coefficient (Wildman–Crippen LogP) is 4.60. The summed E-state index contributed by atoms with van der Waals surface area (Å²) in [5, 5.41) is 0. The minimum Gasteiger partial charge on any atom is -0.300 e. The van der Waals surface area contributed by atoms with E-state index in [-0.39, 0.29) is 0 Å². The van der Waals surface area contributed by atoms with Gasteiger partial charge in [-0.3, -0.25) is 0 Å². The van der Waals surface area contributed by atoms with Crippen molar-refractivity contribution in [2.45, 2.75) is 73.6 Å². The number of Topliss-reactive ketones (excluding diaryl/α,β-unsaturated/α-hetero) is 1. The molecule has 0 aliphatic heterocycles. The van der Waals surface area contributed by atoms with Crippen molar-refractivity contribution in [2.24, 2.45) is 5.41 Å². The number of hydrogen-bond acceptors (Lipinski definition) is 1. The van der Waals surface area contributed by atoms with Crippen LogP contribution >= 0.6 is 0 Å². The maximum atomic E-state index is 10.6. The highest BCUT2D eigenvalue weighted by molar-refractivity contribution is 5.75. The molecule has 0 rings (SSSR count). The molecule has 14 heavy (non-hydrogen) atoms. The highest BCUT2D eigenvalue weighted by atomic mass is 16.1. The Morgan fingerprint density at radius 3 is 1.86 bits per heavy atom. The second kappa shape index (κ2) is 9.23. The van der Waals surface area contributed by atoms with Crippen LogP contribution in [0.2, 0.25) is 0 Å². The van der Waals surface area contributed by atoms with Crippen molar-refractivity contribution in [1.82, 2.24) is 0 Å². The molecule has 0 bridgehead atoms. The van der Waals surface area contributed by atoms with Crippen LogP contribution in [-0.4, -0.2) is 5.78 Å². The average Bonchev–Trinajstić information content (AvgIpc) is 2.05. The van der Waals surface area contributed by atoms with Gasteiger partial charge in [-0.25, -0.2) is 0 Å². The fourth-order valence-electron chi connectivity index (χ4n) is 1.21. The first-order valence-electron chi connectivity index (χ1n) is 5.91. The summed E-state index contributed by atoms with van der Waals surface area (Å²) < 4.78 is 0. The Labute approximate surface area is 90.3 Å². The Balaban J connectivity index is 0. The Morgan fingerprint density at radius 2 is 1.50 bits per heavy atom. The van der Waals surface area contributed by atoms with Gasteiger partial charge in [-0.2, -0.15) is 0 Å². The third kappa shape index (κ3) is 17.7. The van der Waals surface area contributed by atoms with Gasteiger partial charge < -0.3 is 4.79 Å². The lowest BCUT2D eigenvalue weighted by Gasteiger charge is -2.17. The number of unbranched alkanes of at least 4 members (excludes halogenated alkanes) is 2. The van der Waals surface area contributed by atoms with Crippen molar-refractivity contribution in [1.29, 1.82) is 0 Å². The van der Waals surface area contributed by atoms with Crippen LogP contribution in [0.3, 0.4) is 0 Å². The van der Waals surface area contributed by atoms with Crippen LogP contribution in [0.4, 0.5) is 0 Å². The molecule has 0 aliphatic rings. The van der Waals surface area contributed by atoms with Crippen LogP contribution in [0.1, 0.15) is 73.6 Å². The standard InChI is InChI=1S/C11H22O.C2H6/c1-10(12)8-6-5-7-9-11(2,3)4;1-2/h5-9H2,1-4H3;1-2H3. The number of ketones is 1. The molecule has 1 heteroatoms. The smallest absolute Gasteiger partial charge is 0.129 e. The molecule has 0 fully saturated rings. The zero-order valence-corrected chi connectivity index (χ0v) is 10.9. The largest absolute Gasteiger partial charge is 0.300 e. The van der Waals surface area contributed by atoms with E-state index in [2.05, 4.69) is 20.8 Å². The summed E-state index contributed by atoms with van der Waals surface area (Å²) in [6.45, 7) is 12.5. The molecular formula is C13H28O. The summed E-state index contributed by atoms with van der Waals surface area (Å²) in [6.07, 6.45) is 5.58. The molecule has 0 amide bonds. The fraction of sp³-hybridized carbons (Fsp3) is 0.923. The van der Waals surface area contributed by atoms with Gasteiger partial charge in [-0.1, -0.05) is 47.5 Å². The molecule has 0 unspecified atom stereocenters. The van der Waals surface area contributed by atoms with Crippen molar-refractivity contribution >= 4 is 5.78 Å². The second-order valence-electron chi connectivity index (χ2n) is 4.82. The molecule has 0 atom stereocenters. The molecule has 0 aromatic carbocycles. The van der Waals surface area contributed by atoms with Crippen LogP contribution in [0.15, 0.2) is 0 Å². The average molecular weight is 200 g/mol. The lowest BCUT2D eigenvalue weighted by atomic mass is 9.89. The lowest BCUT2D eigenvalue weighted by Crippen LogP contribution is -2.04. The zero-order valence-electron chi connectivity index (χ0n) is 10.9. The van der Waals surface area contributed by atoms with Crippen LogP contribution in [0.5, 0.6) is 0 Å². The fourth-order valence-corrected chi connectivity index (χ4v) is 1.21. The highest BCUT2D eigenvalue weighted by Crippen LogP contribution is 2.22. The van der Waals surface area contributed by atoms with E-state index in [1.165, 1.54) is 19.3 Å². The van der Waals surface area contributed by atoms with Gasteiger partial charge in [-0.05, 0) is 25.2 Å². The summed E-state index contributed by atoms with van der Waals surface area (Å²) >= 11 is 0. The third-order valence-electron chi connectivity index (χ3n) is 1.96. The van der Waals surface area contributed by atoms with E-state index in [4.69, 9.17) is 0 Å². The van der Waals surface area contributed by atoms with Crippen molar-refractivity contribution < 1.29 is 4.79 Å². The second-order valence-corrected chi connectivity index (χ2v) is 4.82. The molecule has 0 saturated heterocycles. The summed E-state index contributed by atoms with van der Waals surface area (Å²) in [4.78, 5) is 10.6. The van der Waals surface area contributed by atoms with E-state index in [0.29, 0.717) is 11.2 Å². The summed E-state index contributed by atoms with van der Waals surface area (Å²) in [5.41, 5.74) is 0.455. The highest BCUT2D eigenvalue weighted by Gasteiger charge is 2.08. The maximum absolute atomic E-state index is 10.6. The number of hydrogen-bond donors (Lipinski definition) is 0. The van der Waals surface area contributed by atoms with Crippen molar-refractivity contribution in [3.05, 3.63) is 0 Å². The topological polar surface area (TPSA) is 17.1 Å². The van der Waals surface area contributed by atoms with E-state index in [1.54, 1.807) is 6.92 Å². The number of carbonyl (C=O) groups is 1. The van der Waals surface area contributed by atoms with Crippen LogP contribution < -0.4 is 0 Å². The van der Waals surface area contributed by atoms with Crippen molar-refractivity contribution in [3.8, 4) is 0 Å². The Hall–Kier alpha value is -0.330. The van der Waals surface area contributed by atoms with Gasteiger partial charge in [-0.15, -0.1) is 0 Å². The Kier molecular flexibility index (Phi) is 10.6. The molecule has 0 aromatic rings. The minimum atomic E-state index is 0.325. The van der Waals surface area contributed by atoms with Crippen LogP contribution in [0.25, 0.3) is 0 Å². The minimum absolute atomic E-state index is 0.325. The summed E-state index contributed by atoms with van der Waals surface area (Å²) in [5.74, 6) is 0.325. The maximum Gasteiger partial charge on any atom is 0.129 e. The van der Waals surface area contributed by atoms with Crippen molar-refractivity contribution in [2.75, 3.05) is 0 Å². The van der Waals surface area contributed by atoms with E-state index in [1.807, 2.05) is 13.8 Å². The SMILES string of the molecule is CC.CC(=O)CCCCCC(C)(C)C. The number of carbonyl (C=O) groups excluding carboxylic acids is 1. The molecule has 1 nitrogen and oxygen atoms in total. The van der Waals surface area contributed by atoms with Gasteiger partial charge in [0, 0.05) is 6.42 Å². The van der Waals surface area contributed by atoms with Gasteiger partial charge >= 0.3 is 0 Å². The molecule has 0 saturated carbocycles. The molecule has 0 spiro atoms.